The first-order chi connectivity index (χ1) is 14.5. The number of halogens is 6. The first-order valence-corrected chi connectivity index (χ1v) is 9.44. The molecule has 8 nitrogen and oxygen atoms in total. The maximum absolute atomic E-state index is 13.4. The highest BCUT2D eigenvalue weighted by atomic mass is 32.2. The van der Waals surface area contributed by atoms with Crippen molar-refractivity contribution in [3.8, 4) is 0 Å². The summed E-state index contributed by atoms with van der Waals surface area (Å²) in [6.07, 6.45) is -8.63. The molecule has 1 unspecified atom stereocenters. The van der Waals surface area contributed by atoms with E-state index >= 15 is 0 Å². The third-order valence-electron chi connectivity index (χ3n) is 3.65. The van der Waals surface area contributed by atoms with Crippen molar-refractivity contribution in [2.45, 2.75) is 30.1 Å². The summed E-state index contributed by atoms with van der Waals surface area (Å²) in [6.45, 7) is -0.0207. The average molecular weight is 470 g/mol. The Hall–Kier alpha value is -2.81. The van der Waals surface area contributed by atoms with Gasteiger partial charge in [0.2, 0.25) is 5.91 Å². The molecule has 31 heavy (non-hydrogen) atoms. The third kappa shape index (κ3) is 7.13. The van der Waals surface area contributed by atoms with Crippen LogP contribution in [0.3, 0.4) is 0 Å². The maximum Gasteiger partial charge on any atom is 0.404 e. The molecule has 0 spiro atoms. The van der Waals surface area contributed by atoms with E-state index in [1.165, 1.54) is 0 Å². The van der Waals surface area contributed by atoms with Gasteiger partial charge in [-0.1, -0.05) is 11.8 Å². The van der Waals surface area contributed by atoms with Gasteiger partial charge in [-0.25, -0.2) is 22.8 Å². The highest BCUT2D eigenvalue weighted by Gasteiger charge is 2.37. The molecule has 1 atom stereocenters. The second-order valence-corrected chi connectivity index (χ2v) is 7.06. The number of benzene rings is 1. The van der Waals surface area contributed by atoms with Gasteiger partial charge in [0, 0.05) is 12.3 Å². The lowest BCUT2D eigenvalue weighted by Crippen LogP contribution is -2.42. The van der Waals surface area contributed by atoms with E-state index in [4.69, 9.17) is 11.5 Å². The number of carbonyl (C=O) groups excluding carboxylic acids is 1. The SMILES string of the molecule is NC(=Nc1ccc(F)c(C(F)F)c1)c1nonc1SCCNC(=O)CC(N)C(F)(F)F. The number of hydrogen-bond donors (Lipinski definition) is 3. The van der Waals surface area contributed by atoms with Gasteiger partial charge in [0.05, 0.1) is 17.7 Å². The van der Waals surface area contributed by atoms with Crippen molar-refractivity contribution in [1.82, 2.24) is 15.6 Å². The number of rotatable bonds is 9. The number of hydrogen-bond acceptors (Lipinski definition) is 7. The molecule has 5 N–H and O–H groups in total. The Bertz CT molecular complexity index is 936. The van der Waals surface area contributed by atoms with Gasteiger partial charge in [-0.05, 0) is 28.5 Å². The average Bonchev–Trinajstić information content (AvgIpc) is 3.14. The van der Waals surface area contributed by atoms with Crippen LogP contribution in [0.1, 0.15) is 24.1 Å². The number of aliphatic imine (C=N–C) groups is 1. The van der Waals surface area contributed by atoms with Gasteiger partial charge in [-0.3, -0.25) is 4.79 Å². The van der Waals surface area contributed by atoms with Crippen LogP contribution >= 0.6 is 11.8 Å². The molecule has 2 aromatic rings. The van der Waals surface area contributed by atoms with Crippen LogP contribution < -0.4 is 16.8 Å². The summed E-state index contributed by atoms with van der Waals surface area (Å²) >= 11 is 0.993. The molecule has 170 valence electrons. The molecule has 1 aromatic carbocycles. The van der Waals surface area contributed by atoms with Gasteiger partial charge in [0.15, 0.2) is 16.6 Å². The first kappa shape index (κ1) is 24.5. The number of aromatic nitrogens is 2. The zero-order valence-electron chi connectivity index (χ0n) is 15.5. The molecule has 0 bridgehead atoms. The van der Waals surface area contributed by atoms with Crippen molar-refractivity contribution in [3.63, 3.8) is 0 Å². The van der Waals surface area contributed by atoms with Crippen molar-refractivity contribution in [2.75, 3.05) is 12.3 Å². The minimum absolute atomic E-state index is 0.0207. The van der Waals surface area contributed by atoms with Crippen LogP contribution in [0.25, 0.3) is 0 Å². The fourth-order valence-corrected chi connectivity index (χ4v) is 2.88. The van der Waals surface area contributed by atoms with E-state index in [0.717, 1.165) is 30.0 Å². The minimum Gasteiger partial charge on any atom is -0.382 e. The van der Waals surface area contributed by atoms with E-state index in [1.54, 1.807) is 0 Å². The number of thioether (sulfide) groups is 1. The van der Waals surface area contributed by atoms with Crippen LogP contribution in [0, 0.1) is 5.82 Å². The van der Waals surface area contributed by atoms with Crippen LogP contribution in [0.2, 0.25) is 0 Å². The highest BCUT2D eigenvalue weighted by Crippen LogP contribution is 2.27. The molecule has 0 saturated carbocycles. The smallest absolute Gasteiger partial charge is 0.382 e. The van der Waals surface area contributed by atoms with Crippen molar-refractivity contribution in [2.24, 2.45) is 16.5 Å². The second kappa shape index (κ2) is 10.5. The van der Waals surface area contributed by atoms with Crippen molar-refractivity contribution in [3.05, 3.63) is 35.3 Å². The number of nitrogens with one attached hydrogen (secondary N) is 1. The Balaban J connectivity index is 1.95. The van der Waals surface area contributed by atoms with E-state index in [2.05, 4.69) is 25.3 Å². The molecule has 0 fully saturated rings. The number of nitrogens with two attached hydrogens (primary N) is 2. The Labute approximate surface area is 175 Å². The van der Waals surface area contributed by atoms with E-state index in [9.17, 15) is 31.1 Å². The van der Waals surface area contributed by atoms with Gasteiger partial charge < -0.3 is 16.8 Å². The largest absolute Gasteiger partial charge is 0.404 e. The quantitative estimate of drug-likeness (QED) is 0.169. The number of alkyl halides is 5. The summed E-state index contributed by atoms with van der Waals surface area (Å²) < 4.78 is 80.5. The number of amidine groups is 1. The van der Waals surface area contributed by atoms with Gasteiger partial charge in [0.1, 0.15) is 11.9 Å². The maximum atomic E-state index is 13.4. The van der Waals surface area contributed by atoms with Crippen LogP contribution in [0.15, 0.2) is 32.8 Å². The number of carbonyl (C=O) groups is 1. The van der Waals surface area contributed by atoms with Crippen molar-refractivity contribution < 1.29 is 35.8 Å². The van der Waals surface area contributed by atoms with Gasteiger partial charge in [0.25, 0.3) is 6.43 Å². The summed E-state index contributed by atoms with van der Waals surface area (Å²) in [6, 6.07) is 0.515. The predicted molar refractivity (Wildman–Crippen MR) is 98.4 cm³/mol. The summed E-state index contributed by atoms with van der Waals surface area (Å²) in [5, 5.41) is 9.55. The molecular formula is C16H16F6N6O2S. The fraction of sp³-hybridized carbons (Fsp3) is 0.375. The molecule has 0 saturated heterocycles. The van der Waals surface area contributed by atoms with Crippen molar-refractivity contribution in [1.29, 1.82) is 0 Å². The van der Waals surface area contributed by atoms with Crippen LogP contribution in [0.4, 0.5) is 32.0 Å². The molecule has 1 amide bonds. The summed E-state index contributed by atoms with van der Waals surface area (Å²) in [5.74, 6) is -2.06. The molecule has 0 aliphatic carbocycles. The molecule has 0 aliphatic rings. The zero-order chi connectivity index (χ0) is 23.2. The zero-order valence-corrected chi connectivity index (χ0v) is 16.3. The second-order valence-electron chi connectivity index (χ2n) is 5.97. The lowest BCUT2D eigenvalue weighted by Gasteiger charge is -2.14. The molecule has 2 rings (SSSR count). The topological polar surface area (TPSA) is 132 Å². The molecule has 1 aromatic heterocycles. The lowest BCUT2D eigenvalue weighted by molar-refractivity contribution is -0.154. The van der Waals surface area contributed by atoms with Gasteiger partial charge >= 0.3 is 6.18 Å². The van der Waals surface area contributed by atoms with E-state index in [1.807, 2.05) is 0 Å². The highest BCUT2D eigenvalue weighted by molar-refractivity contribution is 7.99. The Kier molecular flexibility index (Phi) is 8.27. The number of nitrogens with zero attached hydrogens (tertiary/aromatic N) is 3. The van der Waals surface area contributed by atoms with Gasteiger partial charge in [-0.15, -0.1) is 0 Å². The minimum atomic E-state index is -4.68. The van der Waals surface area contributed by atoms with Crippen LogP contribution in [-0.4, -0.2) is 46.6 Å². The lowest BCUT2D eigenvalue weighted by atomic mass is 10.2. The summed E-state index contributed by atoms with van der Waals surface area (Å²) in [7, 11) is 0. The van der Waals surface area contributed by atoms with Crippen molar-refractivity contribution >= 4 is 29.2 Å². The van der Waals surface area contributed by atoms with E-state index in [0.29, 0.717) is 0 Å². The Morgan fingerprint density at radius 2 is 2.00 bits per heavy atom. The predicted octanol–water partition coefficient (Wildman–Crippen LogP) is 2.67. The molecule has 0 aliphatic heterocycles. The van der Waals surface area contributed by atoms with Crippen LogP contribution in [-0.2, 0) is 4.79 Å². The fourth-order valence-electron chi connectivity index (χ4n) is 2.12. The Morgan fingerprint density at radius 3 is 2.65 bits per heavy atom. The first-order valence-electron chi connectivity index (χ1n) is 8.45. The standard InChI is InChI=1S/C16H16F6N6O2S/c17-9-2-1-7(5-8(9)13(18)19)26-14(24)12-15(28-30-27-12)31-4-3-25-11(29)6-10(23)16(20,21)22/h1-2,5,10,13H,3-4,6,23H2,(H2,24,26)(H,25,29). The molecule has 15 heteroatoms. The van der Waals surface area contributed by atoms with Gasteiger partial charge in [-0.2, -0.15) is 13.2 Å². The normalized spacial score (nSPS) is 13.5. The Morgan fingerprint density at radius 1 is 1.29 bits per heavy atom. The number of amides is 1. The molecule has 0 radical (unpaired) electrons. The van der Waals surface area contributed by atoms with Crippen LogP contribution in [0.5, 0.6) is 0 Å². The monoisotopic (exact) mass is 470 g/mol. The summed E-state index contributed by atoms with van der Waals surface area (Å²) in [4.78, 5) is 15.4. The molecular weight excluding hydrogens is 454 g/mol. The third-order valence-corrected chi connectivity index (χ3v) is 4.60. The van der Waals surface area contributed by atoms with E-state index in [-0.39, 0.29) is 34.5 Å². The summed E-state index contributed by atoms with van der Waals surface area (Å²) in [5.41, 5.74) is 9.73. The van der Waals surface area contributed by atoms with E-state index < -0.39 is 42.4 Å². The molecule has 1 heterocycles.